The molecular weight excluding hydrogens is 390 g/mol. The highest BCUT2D eigenvalue weighted by Gasteiger charge is 2.10. The maximum Gasteiger partial charge on any atom is 0.285 e. The van der Waals surface area contributed by atoms with Crippen molar-refractivity contribution >= 4 is 17.2 Å². The van der Waals surface area contributed by atoms with E-state index >= 15 is 0 Å². The summed E-state index contributed by atoms with van der Waals surface area (Å²) in [5.74, 6) is 1.43. The van der Waals surface area contributed by atoms with Crippen molar-refractivity contribution in [2.24, 2.45) is 5.10 Å². The predicted octanol–water partition coefficient (Wildman–Crippen LogP) is 4.26. The molecule has 2 aromatic heterocycles. The zero-order chi connectivity index (χ0) is 21.0. The van der Waals surface area contributed by atoms with Crippen LogP contribution in [0.3, 0.4) is 0 Å². The largest absolute Gasteiger partial charge is 0.457 e. The molecule has 0 amide bonds. The van der Waals surface area contributed by atoms with Gasteiger partial charge in [0.1, 0.15) is 23.2 Å². The van der Waals surface area contributed by atoms with Crippen LogP contribution >= 0.6 is 0 Å². The molecule has 0 aliphatic carbocycles. The van der Waals surface area contributed by atoms with Crippen LogP contribution in [-0.2, 0) is 0 Å². The lowest BCUT2D eigenvalue weighted by atomic mass is 10.2. The number of aromatic nitrogens is 4. The van der Waals surface area contributed by atoms with Crippen LogP contribution in [0.2, 0.25) is 0 Å². The molecule has 0 N–H and O–H groups in total. The minimum atomic E-state index is -0.292. The average Bonchev–Trinajstić information content (AvgIpc) is 3.25. The summed E-state index contributed by atoms with van der Waals surface area (Å²) in [6.45, 7) is 0. The molecule has 0 bridgehead atoms. The molecule has 31 heavy (non-hydrogen) atoms. The zero-order valence-electron chi connectivity index (χ0n) is 16.4. The Balaban J connectivity index is 1.43. The van der Waals surface area contributed by atoms with E-state index in [1.165, 1.54) is 17.2 Å². The fraction of sp³-hybridized carbons (Fsp3) is 0. The first-order chi connectivity index (χ1) is 15.3. The molecular formula is C24H17N5O2. The fourth-order valence-electron chi connectivity index (χ4n) is 3.15. The molecule has 3 aromatic carbocycles. The maximum absolute atomic E-state index is 12.8. The van der Waals surface area contributed by atoms with Gasteiger partial charge >= 0.3 is 0 Å². The molecule has 0 unspecified atom stereocenters. The first kappa shape index (κ1) is 18.5. The Morgan fingerprint density at radius 3 is 2.42 bits per heavy atom. The van der Waals surface area contributed by atoms with Gasteiger partial charge in [0.25, 0.3) is 5.56 Å². The SMILES string of the molecule is O=c1c2cnn(-c3ccccc3)c2ncn1/N=C/c1cccc(Oc2ccccc2)c1. The van der Waals surface area contributed by atoms with Gasteiger partial charge in [-0.2, -0.15) is 14.9 Å². The second kappa shape index (κ2) is 8.08. The molecule has 0 aliphatic rings. The molecule has 0 spiro atoms. The van der Waals surface area contributed by atoms with Crippen molar-refractivity contribution in [2.75, 3.05) is 0 Å². The zero-order valence-corrected chi connectivity index (χ0v) is 16.4. The molecule has 0 saturated carbocycles. The van der Waals surface area contributed by atoms with Gasteiger partial charge in [0, 0.05) is 0 Å². The molecule has 150 valence electrons. The smallest absolute Gasteiger partial charge is 0.285 e. The van der Waals surface area contributed by atoms with E-state index in [4.69, 9.17) is 4.74 Å². The lowest BCUT2D eigenvalue weighted by Gasteiger charge is -2.06. The number of fused-ring (bicyclic) bond motifs is 1. The monoisotopic (exact) mass is 407 g/mol. The van der Waals surface area contributed by atoms with Crippen molar-refractivity contribution in [3.63, 3.8) is 0 Å². The van der Waals surface area contributed by atoms with E-state index in [2.05, 4.69) is 15.2 Å². The Bertz CT molecular complexity index is 1420. The number of ether oxygens (including phenoxy) is 1. The summed E-state index contributed by atoms with van der Waals surface area (Å²) in [6, 6.07) is 26.5. The molecule has 0 aliphatic heterocycles. The molecule has 0 radical (unpaired) electrons. The summed E-state index contributed by atoms with van der Waals surface area (Å²) in [5.41, 5.74) is 1.82. The van der Waals surface area contributed by atoms with Gasteiger partial charge in [0.2, 0.25) is 0 Å². The summed E-state index contributed by atoms with van der Waals surface area (Å²) in [4.78, 5) is 17.2. The van der Waals surface area contributed by atoms with Gasteiger partial charge in [0.15, 0.2) is 5.65 Å². The van der Waals surface area contributed by atoms with E-state index in [-0.39, 0.29) is 5.56 Å². The minimum Gasteiger partial charge on any atom is -0.457 e. The normalized spacial score (nSPS) is 11.2. The third-order valence-corrected chi connectivity index (χ3v) is 4.64. The van der Waals surface area contributed by atoms with Crippen LogP contribution < -0.4 is 10.3 Å². The molecule has 0 fully saturated rings. The van der Waals surface area contributed by atoms with Gasteiger partial charge in [-0.15, -0.1) is 0 Å². The van der Waals surface area contributed by atoms with Gasteiger partial charge in [-0.25, -0.2) is 9.67 Å². The number of benzene rings is 3. The van der Waals surface area contributed by atoms with Crippen LogP contribution in [-0.4, -0.2) is 25.7 Å². The maximum atomic E-state index is 12.8. The van der Waals surface area contributed by atoms with Crippen LogP contribution in [0.4, 0.5) is 0 Å². The molecule has 5 rings (SSSR count). The highest BCUT2D eigenvalue weighted by atomic mass is 16.5. The van der Waals surface area contributed by atoms with E-state index in [0.29, 0.717) is 16.8 Å². The molecule has 0 saturated heterocycles. The predicted molar refractivity (Wildman–Crippen MR) is 119 cm³/mol. The Labute approximate surface area is 177 Å². The van der Waals surface area contributed by atoms with Crippen molar-refractivity contribution in [3.05, 3.63) is 113 Å². The first-order valence-corrected chi connectivity index (χ1v) is 9.66. The number of para-hydroxylation sites is 2. The summed E-state index contributed by atoms with van der Waals surface area (Å²) in [6.07, 6.45) is 4.50. The number of rotatable bonds is 5. The van der Waals surface area contributed by atoms with Gasteiger partial charge in [-0.05, 0) is 42.0 Å². The van der Waals surface area contributed by atoms with E-state index in [1.54, 1.807) is 10.9 Å². The van der Waals surface area contributed by atoms with Gasteiger partial charge < -0.3 is 4.74 Å². The van der Waals surface area contributed by atoms with Crippen molar-refractivity contribution < 1.29 is 4.74 Å². The Morgan fingerprint density at radius 2 is 1.61 bits per heavy atom. The standard InChI is InChI=1S/C24H17N5O2/c30-24-22-16-27-29(19-9-3-1-4-10-19)23(22)25-17-28(24)26-15-18-8-7-13-21(14-18)31-20-11-5-2-6-12-20/h1-17H/b26-15+. The second-order valence-corrected chi connectivity index (χ2v) is 6.76. The van der Waals surface area contributed by atoms with Gasteiger partial charge in [-0.3, -0.25) is 4.79 Å². The third-order valence-electron chi connectivity index (χ3n) is 4.64. The highest BCUT2D eigenvalue weighted by Crippen LogP contribution is 2.21. The van der Waals surface area contributed by atoms with Crippen molar-refractivity contribution in [2.45, 2.75) is 0 Å². The topological polar surface area (TPSA) is 74.3 Å². The summed E-state index contributed by atoms with van der Waals surface area (Å²) < 4.78 is 8.68. The fourth-order valence-corrected chi connectivity index (χ4v) is 3.15. The van der Waals surface area contributed by atoms with E-state index in [9.17, 15) is 4.79 Å². The first-order valence-electron chi connectivity index (χ1n) is 9.66. The summed E-state index contributed by atoms with van der Waals surface area (Å²) in [7, 11) is 0. The van der Waals surface area contributed by atoms with Crippen LogP contribution in [0.15, 0.2) is 107 Å². The van der Waals surface area contributed by atoms with Crippen molar-refractivity contribution in [3.8, 4) is 17.2 Å². The lowest BCUT2D eigenvalue weighted by Crippen LogP contribution is -2.17. The van der Waals surface area contributed by atoms with Crippen molar-refractivity contribution in [1.82, 2.24) is 19.4 Å². The van der Waals surface area contributed by atoms with E-state index < -0.39 is 0 Å². The molecule has 7 nitrogen and oxygen atoms in total. The van der Waals surface area contributed by atoms with Gasteiger partial charge in [0.05, 0.1) is 18.1 Å². The Kier molecular flexibility index (Phi) is 4.82. The van der Waals surface area contributed by atoms with Crippen LogP contribution in [0.1, 0.15) is 5.56 Å². The quantitative estimate of drug-likeness (QED) is 0.408. The Hall–Kier alpha value is -4.52. The van der Waals surface area contributed by atoms with Gasteiger partial charge in [-0.1, -0.05) is 48.5 Å². The minimum absolute atomic E-state index is 0.292. The van der Waals surface area contributed by atoms with Crippen LogP contribution in [0, 0.1) is 0 Å². The average molecular weight is 407 g/mol. The highest BCUT2D eigenvalue weighted by molar-refractivity contribution is 5.80. The molecule has 0 atom stereocenters. The number of hydrogen-bond acceptors (Lipinski definition) is 5. The molecule has 2 heterocycles. The lowest BCUT2D eigenvalue weighted by molar-refractivity contribution is 0.482. The second-order valence-electron chi connectivity index (χ2n) is 6.76. The van der Waals surface area contributed by atoms with Crippen LogP contribution in [0.5, 0.6) is 11.5 Å². The number of nitrogens with zero attached hydrogens (tertiary/aromatic N) is 5. The van der Waals surface area contributed by atoms with Crippen molar-refractivity contribution in [1.29, 1.82) is 0 Å². The summed E-state index contributed by atoms with van der Waals surface area (Å²) in [5, 5.41) is 8.98. The molecule has 7 heteroatoms. The van der Waals surface area contributed by atoms with Crippen LogP contribution in [0.25, 0.3) is 16.7 Å². The Morgan fingerprint density at radius 1 is 0.871 bits per heavy atom. The molecule has 5 aromatic rings. The summed E-state index contributed by atoms with van der Waals surface area (Å²) >= 11 is 0. The number of hydrogen-bond donors (Lipinski definition) is 0. The van der Waals surface area contributed by atoms with E-state index in [0.717, 1.165) is 17.0 Å². The van der Waals surface area contributed by atoms with E-state index in [1.807, 2.05) is 84.9 Å². The third kappa shape index (κ3) is 3.84.